The Balaban J connectivity index is 2.32. The van der Waals surface area contributed by atoms with Crippen LogP contribution >= 0.6 is 0 Å². The van der Waals surface area contributed by atoms with Crippen molar-refractivity contribution in [1.82, 2.24) is 9.55 Å². The van der Waals surface area contributed by atoms with Gasteiger partial charge in [0.15, 0.2) is 0 Å². The predicted molar refractivity (Wildman–Crippen MR) is 51.5 cm³/mol. The molecule has 1 aromatic rings. The third-order valence-corrected chi connectivity index (χ3v) is 2.52. The molecule has 16 heavy (non-hydrogen) atoms. The number of aliphatic hydroxyl groups is 1. The summed E-state index contributed by atoms with van der Waals surface area (Å²) >= 11 is 0. The number of halogens is 1. The number of hydrogen-bond acceptors (Lipinski definition) is 4. The van der Waals surface area contributed by atoms with Gasteiger partial charge >= 0.3 is 5.69 Å². The van der Waals surface area contributed by atoms with Gasteiger partial charge in [-0.25, -0.2) is 4.79 Å². The van der Waals surface area contributed by atoms with Crippen molar-refractivity contribution in [1.29, 1.82) is 0 Å². The van der Waals surface area contributed by atoms with Crippen molar-refractivity contribution in [3.8, 4) is 0 Å². The number of aromatic amines is 1. The van der Waals surface area contributed by atoms with Crippen molar-refractivity contribution in [2.45, 2.75) is 25.2 Å². The topological polar surface area (TPSA) is 84.3 Å². The predicted octanol–water partition coefficient (Wildman–Crippen LogP) is -0.654. The SMILES string of the molecule is O=c1[nH]c(=O)n([C@H]2CC[C@@H](CO)O2)cc1F. The summed E-state index contributed by atoms with van der Waals surface area (Å²) in [6, 6.07) is 0. The van der Waals surface area contributed by atoms with E-state index < -0.39 is 23.3 Å². The maximum absolute atomic E-state index is 13.0. The zero-order valence-electron chi connectivity index (χ0n) is 8.35. The lowest BCUT2D eigenvalue weighted by Crippen LogP contribution is -2.34. The van der Waals surface area contributed by atoms with E-state index in [-0.39, 0.29) is 12.7 Å². The summed E-state index contributed by atoms with van der Waals surface area (Å²) in [5.74, 6) is -1.03. The van der Waals surface area contributed by atoms with Crippen LogP contribution in [-0.2, 0) is 4.74 Å². The molecule has 6 nitrogen and oxygen atoms in total. The van der Waals surface area contributed by atoms with Crippen LogP contribution in [0.25, 0.3) is 0 Å². The second kappa shape index (κ2) is 4.18. The maximum Gasteiger partial charge on any atom is 0.330 e. The Bertz CT molecular complexity index is 495. The van der Waals surface area contributed by atoms with E-state index in [2.05, 4.69) is 0 Å². The summed E-state index contributed by atoms with van der Waals surface area (Å²) in [4.78, 5) is 24.0. The number of ether oxygens (including phenoxy) is 1. The Kier molecular flexibility index (Phi) is 2.88. The molecule has 2 N–H and O–H groups in total. The Labute approximate surface area is 89.3 Å². The van der Waals surface area contributed by atoms with Crippen LogP contribution in [0.3, 0.4) is 0 Å². The lowest BCUT2D eigenvalue weighted by molar-refractivity contribution is -0.0250. The van der Waals surface area contributed by atoms with Gasteiger partial charge in [0.1, 0.15) is 6.23 Å². The van der Waals surface area contributed by atoms with Gasteiger partial charge in [0.2, 0.25) is 5.82 Å². The normalized spacial score (nSPS) is 24.9. The second-order valence-corrected chi connectivity index (χ2v) is 3.62. The highest BCUT2D eigenvalue weighted by molar-refractivity contribution is 4.89. The van der Waals surface area contributed by atoms with Crippen molar-refractivity contribution in [2.75, 3.05) is 6.61 Å². The Morgan fingerprint density at radius 1 is 1.56 bits per heavy atom. The molecule has 1 saturated heterocycles. The number of aromatic nitrogens is 2. The lowest BCUT2D eigenvalue weighted by Gasteiger charge is -2.14. The molecule has 0 radical (unpaired) electrons. The first-order valence-electron chi connectivity index (χ1n) is 4.89. The number of rotatable bonds is 2. The molecule has 0 aromatic carbocycles. The first-order valence-corrected chi connectivity index (χ1v) is 4.89. The molecule has 1 aliphatic heterocycles. The molecule has 0 spiro atoms. The third-order valence-electron chi connectivity index (χ3n) is 2.52. The number of hydrogen-bond donors (Lipinski definition) is 2. The lowest BCUT2D eigenvalue weighted by atomic mass is 10.2. The number of nitrogens with zero attached hydrogens (tertiary/aromatic N) is 1. The average molecular weight is 230 g/mol. The molecular formula is C9H11FN2O4. The van der Waals surface area contributed by atoms with Gasteiger partial charge in [0, 0.05) is 0 Å². The average Bonchev–Trinajstić information content (AvgIpc) is 2.71. The van der Waals surface area contributed by atoms with Crippen LogP contribution in [-0.4, -0.2) is 27.4 Å². The van der Waals surface area contributed by atoms with Crippen LogP contribution in [0.4, 0.5) is 4.39 Å². The Hall–Kier alpha value is -1.47. The molecular weight excluding hydrogens is 219 g/mol. The highest BCUT2D eigenvalue weighted by atomic mass is 19.1. The largest absolute Gasteiger partial charge is 0.394 e. The van der Waals surface area contributed by atoms with Crippen molar-refractivity contribution >= 4 is 0 Å². The van der Waals surface area contributed by atoms with Crippen LogP contribution in [0.5, 0.6) is 0 Å². The minimum absolute atomic E-state index is 0.142. The Morgan fingerprint density at radius 2 is 2.31 bits per heavy atom. The highest BCUT2D eigenvalue weighted by Gasteiger charge is 2.27. The van der Waals surface area contributed by atoms with E-state index >= 15 is 0 Å². The van der Waals surface area contributed by atoms with Crippen LogP contribution in [0.15, 0.2) is 15.8 Å². The molecule has 1 aliphatic rings. The summed E-state index contributed by atoms with van der Waals surface area (Å²) < 4.78 is 19.3. The molecule has 2 rings (SSSR count). The second-order valence-electron chi connectivity index (χ2n) is 3.62. The van der Waals surface area contributed by atoms with Gasteiger partial charge in [-0.3, -0.25) is 14.3 Å². The minimum atomic E-state index is -1.04. The molecule has 1 aromatic heterocycles. The molecule has 0 amide bonds. The fraction of sp³-hybridized carbons (Fsp3) is 0.556. The van der Waals surface area contributed by atoms with Crippen molar-refractivity contribution in [3.63, 3.8) is 0 Å². The maximum atomic E-state index is 13.0. The zero-order valence-corrected chi connectivity index (χ0v) is 8.35. The fourth-order valence-corrected chi connectivity index (χ4v) is 1.70. The van der Waals surface area contributed by atoms with E-state index in [1.807, 2.05) is 4.98 Å². The van der Waals surface area contributed by atoms with E-state index in [1.54, 1.807) is 0 Å². The smallest absolute Gasteiger partial charge is 0.330 e. The van der Waals surface area contributed by atoms with E-state index in [9.17, 15) is 14.0 Å². The zero-order chi connectivity index (χ0) is 11.7. The molecule has 7 heteroatoms. The van der Waals surface area contributed by atoms with Gasteiger partial charge < -0.3 is 9.84 Å². The molecule has 1 fully saturated rings. The van der Waals surface area contributed by atoms with E-state index in [4.69, 9.17) is 9.84 Å². The molecule has 88 valence electrons. The van der Waals surface area contributed by atoms with Gasteiger partial charge in [-0.15, -0.1) is 0 Å². The summed E-state index contributed by atoms with van der Waals surface area (Å²) in [6.07, 6.45) is 0.944. The van der Waals surface area contributed by atoms with Gasteiger partial charge in [0.05, 0.1) is 18.9 Å². The van der Waals surface area contributed by atoms with Crippen molar-refractivity contribution in [2.24, 2.45) is 0 Å². The van der Waals surface area contributed by atoms with Crippen LogP contribution < -0.4 is 11.2 Å². The van der Waals surface area contributed by atoms with Crippen molar-refractivity contribution < 1.29 is 14.2 Å². The molecule has 2 heterocycles. The van der Waals surface area contributed by atoms with Gasteiger partial charge in [-0.05, 0) is 12.8 Å². The molecule has 0 saturated carbocycles. The molecule has 2 atom stereocenters. The number of H-pyrrole nitrogens is 1. The van der Waals surface area contributed by atoms with E-state index in [1.165, 1.54) is 0 Å². The first kappa shape index (κ1) is 11.0. The summed E-state index contributed by atoms with van der Waals surface area (Å²) in [5.41, 5.74) is -1.76. The van der Waals surface area contributed by atoms with Crippen LogP contribution in [0, 0.1) is 5.82 Å². The van der Waals surface area contributed by atoms with Gasteiger partial charge in [0.25, 0.3) is 5.56 Å². The standard InChI is InChI=1S/C9H11FN2O4/c10-6-3-12(9(15)11-8(6)14)7-2-1-5(4-13)16-7/h3,5,7,13H,1-2,4H2,(H,11,14,15)/t5-,7+/m0/s1. The summed E-state index contributed by atoms with van der Waals surface area (Å²) in [7, 11) is 0. The quantitative estimate of drug-likeness (QED) is 0.706. The minimum Gasteiger partial charge on any atom is -0.394 e. The van der Waals surface area contributed by atoms with E-state index in [0.717, 1.165) is 10.8 Å². The molecule has 0 aliphatic carbocycles. The molecule has 0 bridgehead atoms. The van der Waals surface area contributed by atoms with Gasteiger partial charge in [-0.2, -0.15) is 4.39 Å². The number of nitrogens with one attached hydrogen (secondary N) is 1. The highest BCUT2D eigenvalue weighted by Crippen LogP contribution is 2.26. The van der Waals surface area contributed by atoms with Crippen LogP contribution in [0.2, 0.25) is 0 Å². The van der Waals surface area contributed by atoms with E-state index in [0.29, 0.717) is 12.8 Å². The van der Waals surface area contributed by atoms with Crippen molar-refractivity contribution in [3.05, 3.63) is 32.9 Å². The Morgan fingerprint density at radius 3 is 2.94 bits per heavy atom. The third kappa shape index (κ3) is 1.91. The van der Waals surface area contributed by atoms with Crippen LogP contribution in [0.1, 0.15) is 19.1 Å². The monoisotopic (exact) mass is 230 g/mol. The molecule has 0 unspecified atom stereocenters. The van der Waals surface area contributed by atoms with Gasteiger partial charge in [-0.1, -0.05) is 0 Å². The summed E-state index contributed by atoms with van der Waals surface area (Å²) in [5, 5.41) is 8.85. The number of aliphatic hydroxyl groups excluding tert-OH is 1. The summed E-state index contributed by atoms with van der Waals surface area (Å²) in [6.45, 7) is -0.142. The first-order chi connectivity index (χ1) is 7.61. The fourth-order valence-electron chi connectivity index (χ4n) is 1.70.